The molecular weight excluding hydrogens is 258 g/mol. The summed E-state index contributed by atoms with van der Waals surface area (Å²) in [6.07, 6.45) is 1.21. The van der Waals surface area contributed by atoms with Crippen molar-refractivity contribution >= 4 is 0 Å². The molecule has 2 N–H and O–H groups in total. The molecular formula is C18H31N3. The Morgan fingerprint density at radius 1 is 1.14 bits per heavy atom. The predicted octanol–water partition coefficient (Wildman–Crippen LogP) is 2.84. The number of piperazine rings is 1. The highest BCUT2D eigenvalue weighted by atomic mass is 15.3. The highest BCUT2D eigenvalue weighted by Crippen LogP contribution is 2.19. The van der Waals surface area contributed by atoms with Crippen LogP contribution in [0.4, 0.5) is 0 Å². The molecule has 3 heteroatoms. The summed E-state index contributed by atoms with van der Waals surface area (Å²) in [4.78, 5) is 4.99. The first kappa shape index (κ1) is 16.5. The molecule has 0 saturated carbocycles. The lowest BCUT2D eigenvalue weighted by molar-refractivity contribution is 0.0890. The zero-order chi connectivity index (χ0) is 15.4. The van der Waals surface area contributed by atoms with Crippen LogP contribution in [0, 0.1) is 0 Å². The third-order valence-corrected chi connectivity index (χ3v) is 4.82. The van der Waals surface area contributed by atoms with Gasteiger partial charge < -0.3 is 10.6 Å². The average molecular weight is 289 g/mol. The molecule has 0 amide bonds. The van der Waals surface area contributed by atoms with E-state index in [9.17, 15) is 0 Å². The molecule has 118 valence electrons. The first-order chi connectivity index (χ1) is 10.0. The summed E-state index contributed by atoms with van der Waals surface area (Å²) in [5, 5.41) is 0. The summed E-state index contributed by atoms with van der Waals surface area (Å²) >= 11 is 0. The van der Waals surface area contributed by atoms with Crippen LogP contribution in [-0.2, 0) is 0 Å². The predicted molar refractivity (Wildman–Crippen MR) is 90.6 cm³/mol. The molecule has 1 aromatic carbocycles. The van der Waals surface area contributed by atoms with E-state index in [0.717, 1.165) is 26.2 Å². The van der Waals surface area contributed by atoms with E-state index in [1.54, 1.807) is 0 Å². The topological polar surface area (TPSA) is 32.5 Å². The van der Waals surface area contributed by atoms with E-state index >= 15 is 0 Å². The van der Waals surface area contributed by atoms with Gasteiger partial charge in [-0.3, -0.25) is 4.90 Å². The summed E-state index contributed by atoms with van der Waals surface area (Å²) in [6, 6.07) is 9.64. The molecule has 1 saturated heterocycles. The van der Waals surface area contributed by atoms with Crippen LogP contribution >= 0.6 is 0 Å². The number of rotatable bonds is 5. The van der Waals surface area contributed by atoms with Crippen molar-refractivity contribution < 1.29 is 0 Å². The summed E-state index contributed by atoms with van der Waals surface area (Å²) in [7, 11) is 2.23. The molecule has 2 atom stereocenters. The quantitative estimate of drug-likeness (QED) is 0.904. The average Bonchev–Trinajstić information content (AvgIpc) is 2.49. The number of likely N-dealkylation sites (N-methyl/N-ethyl adjacent to an activating group) is 1. The van der Waals surface area contributed by atoms with Gasteiger partial charge in [0.25, 0.3) is 0 Å². The third kappa shape index (κ3) is 4.29. The van der Waals surface area contributed by atoms with Crippen LogP contribution in [0.1, 0.15) is 50.3 Å². The van der Waals surface area contributed by atoms with Crippen LogP contribution in [0.2, 0.25) is 0 Å². The Hall–Kier alpha value is -0.900. The molecule has 0 radical (unpaired) electrons. The highest BCUT2D eigenvalue weighted by molar-refractivity contribution is 5.26. The van der Waals surface area contributed by atoms with Crippen molar-refractivity contribution in [1.29, 1.82) is 0 Å². The fourth-order valence-corrected chi connectivity index (χ4v) is 3.13. The molecule has 3 nitrogen and oxygen atoms in total. The Labute approximate surface area is 130 Å². The van der Waals surface area contributed by atoms with Crippen molar-refractivity contribution in [3.8, 4) is 0 Å². The second-order valence-corrected chi connectivity index (χ2v) is 6.73. The number of nitrogens with zero attached hydrogens (tertiary/aromatic N) is 2. The maximum atomic E-state index is 6.42. The van der Waals surface area contributed by atoms with E-state index in [-0.39, 0.29) is 6.04 Å². The summed E-state index contributed by atoms with van der Waals surface area (Å²) < 4.78 is 0. The van der Waals surface area contributed by atoms with Crippen LogP contribution in [0.3, 0.4) is 0 Å². The van der Waals surface area contributed by atoms with Gasteiger partial charge in [0, 0.05) is 38.3 Å². The standard InChI is InChI=1S/C18H31N3/c1-5-17-12-21(11-10-20(17)4)13-18(19)16-8-6-15(7-9-16)14(2)3/h6-9,14,17-18H,5,10-13,19H2,1-4H3. The minimum absolute atomic E-state index is 0.118. The lowest BCUT2D eigenvalue weighted by Crippen LogP contribution is -2.52. The minimum atomic E-state index is 0.118. The van der Waals surface area contributed by atoms with Crippen molar-refractivity contribution in [2.24, 2.45) is 5.73 Å². The first-order valence-corrected chi connectivity index (χ1v) is 8.29. The molecule has 1 aromatic rings. The maximum absolute atomic E-state index is 6.42. The Balaban J connectivity index is 1.93. The number of hydrogen-bond donors (Lipinski definition) is 1. The molecule has 1 aliphatic heterocycles. The molecule has 1 fully saturated rings. The third-order valence-electron chi connectivity index (χ3n) is 4.82. The van der Waals surface area contributed by atoms with E-state index in [1.807, 2.05) is 0 Å². The second kappa shape index (κ2) is 7.39. The largest absolute Gasteiger partial charge is 0.323 e. The van der Waals surface area contributed by atoms with Crippen molar-refractivity contribution in [1.82, 2.24) is 9.80 Å². The SMILES string of the molecule is CCC1CN(CC(N)c2ccc(C(C)C)cc2)CCN1C. The fourth-order valence-electron chi connectivity index (χ4n) is 3.13. The first-order valence-electron chi connectivity index (χ1n) is 8.29. The Bertz CT molecular complexity index is 427. The number of benzene rings is 1. The number of hydrogen-bond acceptors (Lipinski definition) is 3. The normalized spacial score (nSPS) is 22.7. The molecule has 1 heterocycles. The van der Waals surface area contributed by atoms with Gasteiger partial charge in [-0.25, -0.2) is 0 Å². The lowest BCUT2D eigenvalue weighted by atomic mass is 9.99. The van der Waals surface area contributed by atoms with Gasteiger partial charge in [-0.1, -0.05) is 45.0 Å². The zero-order valence-electron chi connectivity index (χ0n) is 14.0. The molecule has 0 bridgehead atoms. The van der Waals surface area contributed by atoms with Gasteiger partial charge in [0.1, 0.15) is 0 Å². The minimum Gasteiger partial charge on any atom is -0.323 e. The fraction of sp³-hybridized carbons (Fsp3) is 0.667. The molecule has 21 heavy (non-hydrogen) atoms. The second-order valence-electron chi connectivity index (χ2n) is 6.73. The monoisotopic (exact) mass is 289 g/mol. The maximum Gasteiger partial charge on any atom is 0.0424 e. The van der Waals surface area contributed by atoms with Crippen molar-refractivity contribution in [2.45, 2.75) is 45.2 Å². The van der Waals surface area contributed by atoms with Crippen molar-refractivity contribution in [3.05, 3.63) is 35.4 Å². The lowest BCUT2D eigenvalue weighted by Gasteiger charge is -2.40. The van der Waals surface area contributed by atoms with Crippen molar-refractivity contribution in [3.63, 3.8) is 0 Å². The van der Waals surface area contributed by atoms with Crippen LogP contribution in [-0.4, -0.2) is 49.1 Å². The smallest absolute Gasteiger partial charge is 0.0424 e. The summed E-state index contributed by atoms with van der Waals surface area (Å²) in [6.45, 7) is 11.1. The van der Waals surface area contributed by atoms with E-state index in [4.69, 9.17) is 5.73 Å². The molecule has 0 aliphatic carbocycles. The molecule has 1 aliphatic rings. The highest BCUT2D eigenvalue weighted by Gasteiger charge is 2.24. The summed E-state index contributed by atoms with van der Waals surface area (Å²) in [5.74, 6) is 0.582. The van der Waals surface area contributed by atoms with Crippen LogP contribution in [0.15, 0.2) is 24.3 Å². The van der Waals surface area contributed by atoms with E-state index < -0.39 is 0 Å². The van der Waals surface area contributed by atoms with Crippen LogP contribution < -0.4 is 5.73 Å². The van der Waals surface area contributed by atoms with Gasteiger partial charge in [0.15, 0.2) is 0 Å². The van der Waals surface area contributed by atoms with E-state index in [2.05, 4.69) is 61.9 Å². The van der Waals surface area contributed by atoms with Gasteiger partial charge in [-0.15, -0.1) is 0 Å². The van der Waals surface area contributed by atoms with Crippen molar-refractivity contribution in [2.75, 3.05) is 33.2 Å². The Morgan fingerprint density at radius 2 is 1.76 bits per heavy atom. The molecule has 2 unspecified atom stereocenters. The summed E-state index contributed by atoms with van der Waals surface area (Å²) in [5.41, 5.74) is 9.06. The van der Waals surface area contributed by atoms with Gasteiger partial charge in [-0.2, -0.15) is 0 Å². The van der Waals surface area contributed by atoms with Crippen LogP contribution in [0.5, 0.6) is 0 Å². The van der Waals surface area contributed by atoms with Crippen LogP contribution in [0.25, 0.3) is 0 Å². The Morgan fingerprint density at radius 3 is 2.33 bits per heavy atom. The van der Waals surface area contributed by atoms with Gasteiger partial charge >= 0.3 is 0 Å². The van der Waals surface area contributed by atoms with E-state index in [1.165, 1.54) is 17.5 Å². The van der Waals surface area contributed by atoms with E-state index in [0.29, 0.717) is 12.0 Å². The van der Waals surface area contributed by atoms with Gasteiger partial charge in [-0.05, 0) is 30.5 Å². The molecule has 0 spiro atoms. The number of nitrogens with two attached hydrogens (primary N) is 1. The molecule has 0 aromatic heterocycles. The molecule has 2 rings (SSSR count). The Kier molecular flexibility index (Phi) is 5.80. The zero-order valence-corrected chi connectivity index (χ0v) is 14.0. The van der Waals surface area contributed by atoms with Gasteiger partial charge in [0.05, 0.1) is 0 Å². The van der Waals surface area contributed by atoms with Gasteiger partial charge in [0.2, 0.25) is 0 Å².